The zero-order valence-electron chi connectivity index (χ0n) is 19.5. The van der Waals surface area contributed by atoms with Crippen molar-refractivity contribution in [2.75, 3.05) is 17.2 Å². The minimum Gasteiger partial charge on any atom is -0.382 e. The van der Waals surface area contributed by atoms with Crippen molar-refractivity contribution in [3.63, 3.8) is 0 Å². The SMILES string of the molecule is C[C@@H]1CCCCN1c1nc2ccccc2cc1/C=C(\C#N)c1nn(-c2ccccc2)c(N)c1C#N. The first-order chi connectivity index (χ1) is 17.1. The quantitative estimate of drug-likeness (QED) is 0.414. The van der Waals surface area contributed by atoms with Crippen molar-refractivity contribution in [1.82, 2.24) is 14.8 Å². The van der Waals surface area contributed by atoms with Crippen molar-refractivity contribution in [2.24, 2.45) is 0 Å². The van der Waals surface area contributed by atoms with Gasteiger partial charge in [0.1, 0.15) is 35.0 Å². The highest BCUT2D eigenvalue weighted by Crippen LogP contribution is 2.33. The number of nitrogens with two attached hydrogens (primary N) is 1. The molecule has 172 valence electrons. The van der Waals surface area contributed by atoms with Gasteiger partial charge < -0.3 is 10.6 Å². The maximum Gasteiger partial charge on any atom is 0.145 e. The second-order valence-electron chi connectivity index (χ2n) is 8.77. The van der Waals surface area contributed by atoms with Crippen LogP contribution in [0.4, 0.5) is 11.6 Å². The van der Waals surface area contributed by atoms with E-state index in [0.29, 0.717) is 6.04 Å². The van der Waals surface area contributed by atoms with E-state index in [1.165, 1.54) is 11.1 Å². The highest BCUT2D eigenvalue weighted by atomic mass is 15.3. The number of fused-ring (bicyclic) bond motifs is 1. The third-order valence-electron chi connectivity index (χ3n) is 6.52. The predicted octanol–water partition coefficient (Wildman–Crippen LogP) is 5.32. The van der Waals surface area contributed by atoms with Gasteiger partial charge in [0.05, 0.1) is 16.8 Å². The maximum absolute atomic E-state index is 10.1. The summed E-state index contributed by atoms with van der Waals surface area (Å²) in [7, 11) is 0. The van der Waals surface area contributed by atoms with E-state index in [-0.39, 0.29) is 22.6 Å². The summed E-state index contributed by atoms with van der Waals surface area (Å²) in [6.45, 7) is 3.12. The Morgan fingerprint density at radius 1 is 1.09 bits per heavy atom. The van der Waals surface area contributed by atoms with Crippen LogP contribution in [0.25, 0.3) is 28.2 Å². The summed E-state index contributed by atoms with van der Waals surface area (Å²) in [5.41, 5.74) is 9.47. The van der Waals surface area contributed by atoms with Crippen LogP contribution >= 0.6 is 0 Å². The molecule has 1 saturated heterocycles. The van der Waals surface area contributed by atoms with Gasteiger partial charge in [-0.05, 0) is 56.5 Å². The van der Waals surface area contributed by atoms with Gasteiger partial charge in [-0.2, -0.15) is 15.6 Å². The number of nitrogens with zero attached hydrogens (tertiary/aromatic N) is 6. The number of para-hydroxylation sites is 2. The Morgan fingerprint density at radius 3 is 2.60 bits per heavy atom. The second kappa shape index (κ2) is 9.32. The molecule has 2 aromatic heterocycles. The van der Waals surface area contributed by atoms with Crippen LogP contribution in [0.5, 0.6) is 0 Å². The first-order valence-corrected chi connectivity index (χ1v) is 11.7. The van der Waals surface area contributed by atoms with Gasteiger partial charge in [-0.15, -0.1) is 0 Å². The fraction of sp³-hybridized carbons (Fsp3) is 0.214. The molecule has 35 heavy (non-hydrogen) atoms. The van der Waals surface area contributed by atoms with E-state index in [4.69, 9.17) is 10.7 Å². The van der Waals surface area contributed by atoms with Crippen molar-refractivity contribution < 1.29 is 0 Å². The molecule has 1 fully saturated rings. The molecule has 0 bridgehead atoms. The number of aromatic nitrogens is 3. The lowest BCUT2D eigenvalue weighted by atomic mass is 10.0. The standard InChI is InChI=1S/C28H25N7/c1-19-9-7-8-14-34(19)28-21(15-20-10-5-6-13-25(20)32-28)16-22(17-29)26-24(18-30)27(31)35(33-26)23-11-3-2-4-12-23/h2-6,10-13,15-16,19H,7-9,14,31H2,1H3/b22-16+/t19-/m1/s1. The molecule has 0 spiro atoms. The van der Waals surface area contributed by atoms with Crippen LogP contribution in [-0.4, -0.2) is 27.4 Å². The van der Waals surface area contributed by atoms with Gasteiger partial charge in [0.2, 0.25) is 0 Å². The lowest BCUT2D eigenvalue weighted by Gasteiger charge is -2.35. The zero-order chi connectivity index (χ0) is 24.4. The molecule has 1 aliphatic heterocycles. The first-order valence-electron chi connectivity index (χ1n) is 11.7. The highest BCUT2D eigenvalue weighted by molar-refractivity contribution is 5.95. The van der Waals surface area contributed by atoms with Gasteiger partial charge >= 0.3 is 0 Å². The molecule has 7 heteroatoms. The first kappa shape index (κ1) is 22.2. The van der Waals surface area contributed by atoms with E-state index < -0.39 is 0 Å². The topological polar surface area (TPSA) is 108 Å². The molecule has 0 aliphatic carbocycles. The maximum atomic E-state index is 10.1. The summed E-state index contributed by atoms with van der Waals surface area (Å²) in [5, 5.41) is 25.6. The van der Waals surface area contributed by atoms with E-state index in [0.717, 1.165) is 47.4 Å². The molecular formula is C28H25N7. The van der Waals surface area contributed by atoms with E-state index >= 15 is 0 Å². The molecule has 2 N–H and O–H groups in total. The molecule has 0 amide bonds. The summed E-state index contributed by atoms with van der Waals surface area (Å²) < 4.78 is 1.51. The fourth-order valence-corrected chi connectivity index (χ4v) is 4.68. The lowest BCUT2D eigenvalue weighted by Crippen LogP contribution is -2.38. The number of allylic oxidation sites excluding steroid dienone is 1. The van der Waals surface area contributed by atoms with Crippen LogP contribution in [-0.2, 0) is 0 Å². The number of pyridine rings is 1. The Kier molecular flexibility index (Phi) is 5.91. The number of nitrogen functional groups attached to an aromatic ring is 1. The minimum atomic E-state index is 0.184. The Bertz CT molecular complexity index is 1500. The second-order valence-corrected chi connectivity index (χ2v) is 8.77. The van der Waals surface area contributed by atoms with Crippen molar-refractivity contribution >= 4 is 34.2 Å². The van der Waals surface area contributed by atoms with Crippen LogP contribution in [0.1, 0.15) is 43.0 Å². The summed E-state index contributed by atoms with van der Waals surface area (Å²) in [6, 6.07) is 24.1. The smallest absolute Gasteiger partial charge is 0.145 e. The number of rotatable bonds is 4. The molecule has 3 heterocycles. The number of piperidine rings is 1. The third kappa shape index (κ3) is 4.09. The van der Waals surface area contributed by atoms with Gasteiger partial charge in [-0.25, -0.2) is 9.67 Å². The molecule has 2 aromatic carbocycles. The van der Waals surface area contributed by atoms with Crippen molar-refractivity contribution in [3.05, 3.63) is 77.5 Å². The predicted molar refractivity (Wildman–Crippen MR) is 139 cm³/mol. The number of hydrogen-bond donors (Lipinski definition) is 1. The van der Waals surface area contributed by atoms with Crippen molar-refractivity contribution in [3.8, 4) is 17.8 Å². The molecule has 0 radical (unpaired) electrons. The van der Waals surface area contributed by atoms with Crippen LogP contribution in [0.2, 0.25) is 0 Å². The Hall–Kier alpha value is -4.62. The van der Waals surface area contributed by atoms with Gasteiger partial charge in [0.25, 0.3) is 0 Å². The summed E-state index contributed by atoms with van der Waals surface area (Å²) in [6.07, 6.45) is 5.18. The van der Waals surface area contributed by atoms with E-state index in [1.54, 1.807) is 6.08 Å². The zero-order valence-corrected chi connectivity index (χ0v) is 19.5. The molecule has 7 nitrogen and oxygen atoms in total. The van der Waals surface area contributed by atoms with Gasteiger partial charge in [-0.3, -0.25) is 0 Å². The normalized spacial score (nSPS) is 16.1. The van der Waals surface area contributed by atoms with Gasteiger partial charge in [-0.1, -0.05) is 36.4 Å². The largest absolute Gasteiger partial charge is 0.382 e. The molecule has 0 unspecified atom stereocenters. The van der Waals surface area contributed by atoms with Gasteiger partial charge in [0, 0.05) is 23.5 Å². The molecule has 1 aliphatic rings. The molecule has 5 rings (SSSR count). The van der Waals surface area contributed by atoms with Crippen molar-refractivity contribution in [2.45, 2.75) is 32.2 Å². The molecule has 4 aromatic rings. The Labute approximate surface area is 204 Å². The number of anilines is 2. The van der Waals surface area contributed by atoms with Crippen LogP contribution in [0, 0.1) is 22.7 Å². The van der Waals surface area contributed by atoms with E-state index in [9.17, 15) is 10.5 Å². The number of benzene rings is 2. The molecule has 0 saturated carbocycles. The average molecular weight is 460 g/mol. The van der Waals surface area contributed by atoms with Crippen molar-refractivity contribution in [1.29, 1.82) is 10.5 Å². The van der Waals surface area contributed by atoms with Gasteiger partial charge in [0.15, 0.2) is 0 Å². The van der Waals surface area contributed by atoms with Crippen LogP contribution in [0.3, 0.4) is 0 Å². The number of hydrogen-bond acceptors (Lipinski definition) is 6. The fourth-order valence-electron chi connectivity index (χ4n) is 4.68. The Balaban J connectivity index is 1.69. The van der Waals surface area contributed by atoms with Crippen LogP contribution in [0.15, 0.2) is 60.7 Å². The third-order valence-corrected chi connectivity index (χ3v) is 6.52. The Morgan fingerprint density at radius 2 is 1.86 bits per heavy atom. The molecule has 1 atom stereocenters. The van der Waals surface area contributed by atoms with Crippen LogP contribution < -0.4 is 10.6 Å². The van der Waals surface area contributed by atoms with E-state index in [1.807, 2.05) is 54.6 Å². The average Bonchev–Trinajstić information content (AvgIpc) is 3.23. The number of nitriles is 2. The highest BCUT2D eigenvalue weighted by Gasteiger charge is 2.24. The summed E-state index contributed by atoms with van der Waals surface area (Å²) in [5.74, 6) is 1.05. The summed E-state index contributed by atoms with van der Waals surface area (Å²) >= 11 is 0. The minimum absolute atomic E-state index is 0.184. The molecular weight excluding hydrogens is 434 g/mol. The van der Waals surface area contributed by atoms with E-state index in [2.05, 4.69) is 35.1 Å². The lowest BCUT2D eigenvalue weighted by molar-refractivity contribution is 0.481. The summed E-state index contributed by atoms with van der Waals surface area (Å²) in [4.78, 5) is 7.32. The monoisotopic (exact) mass is 459 g/mol.